The Morgan fingerprint density at radius 2 is 2.00 bits per heavy atom. The summed E-state index contributed by atoms with van der Waals surface area (Å²) in [5.41, 5.74) is 5.68. The summed E-state index contributed by atoms with van der Waals surface area (Å²) < 4.78 is 2.49. The molecule has 0 aromatic carbocycles. The Balaban J connectivity index is 1.21. The van der Waals surface area contributed by atoms with Gasteiger partial charge in [0.25, 0.3) is 0 Å². The number of likely N-dealkylation sites (tertiary alicyclic amines) is 1. The highest BCUT2D eigenvalue weighted by atomic mass is 15.3. The molecular weight excluding hydrogens is 420 g/mol. The number of pyridine rings is 1. The van der Waals surface area contributed by atoms with Crippen molar-refractivity contribution < 1.29 is 0 Å². The van der Waals surface area contributed by atoms with Gasteiger partial charge in [0.15, 0.2) is 0 Å². The van der Waals surface area contributed by atoms with E-state index < -0.39 is 0 Å². The van der Waals surface area contributed by atoms with Gasteiger partial charge in [0.05, 0.1) is 35.2 Å². The molecule has 1 saturated carbocycles. The highest BCUT2D eigenvalue weighted by Crippen LogP contribution is 2.60. The number of fused-ring (bicyclic) bond motifs is 6. The number of aromatic nitrogens is 3. The largest absolute Gasteiger partial charge is 0.332 e. The lowest BCUT2D eigenvalue weighted by Gasteiger charge is -2.44. The van der Waals surface area contributed by atoms with Crippen LogP contribution in [0.15, 0.2) is 24.4 Å². The number of nitrogens with zero attached hydrogens (tertiary/aromatic N) is 6. The van der Waals surface area contributed by atoms with Gasteiger partial charge in [-0.1, -0.05) is 12.1 Å². The Bertz CT molecular complexity index is 1120. The van der Waals surface area contributed by atoms with Crippen molar-refractivity contribution in [1.82, 2.24) is 29.2 Å². The molecule has 5 aliphatic rings. The number of hydrogen-bond donors (Lipinski definition) is 0. The predicted molar refractivity (Wildman–Crippen MR) is 134 cm³/mol. The third-order valence-corrected chi connectivity index (χ3v) is 9.57. The third-order valence-electron chi connectivity index (χ3n) is 9.57. The zero-order chi connectivity index (χ0) is 22.9. The minimum absolute atomic E-state index is 0.179. The molecule has 2 saturated heterocycles. The molecule has 0 N–H and O–H groups in total. The SMILES string of the molecule is CN1CCCN(C23CC2C=Cc2nc(CN4CCC[C@H]5CCc6cccnc6[C@H]54)n(C)c23)CC1. The van der Waals surface area contributed by atoms with Crippen molar-refractivity contribution in [3.05, 3.63) is 52.9 Å². The first-order valence-electron chi connectivity index (χ1n) is 13.5. The maximum Gasteiger partial charge on any atom is 0.123 e. The van der Waals surface area contributed by atoms with Gasteiger partial charge in [0.1, 0.15) is 5.82 Å². The second-order valence-electron chi connectivity index (χ2n) is 11.5. The van der Waals surface area contributed by atoms with Crippen LogP contribution in [0.25, 0.3) is 6.08 Å². The summed E-state index contributed by atoms with van der Waals surface area (Å²) in [6.45, 7) is 6.83. The van der Waals surface area contributed by atoms with Gasteiger partial charge in [-0.25, -0.2) is 4.98 Å². The van der Waals surface area contributed by atoms with E-state index in [-0.39, 0.29) is 5.54 Å². The van der Waals surface area contributed by atoms with Crippen molar-refractivity contribution in [1.29, 1.82) is 0 Å². The van der Waals surface area contributed by atoms with Gasteiger partial charge in [-0.05, 0) is 82.3 Å². The van der Waals surface area contributed by atoms with E-state index in [1.807, 2.05) is 6.20 Å². The third kappa shape index (κ3) is 3.18. The molecule has 34 heavy (non-hydrogen) atoms. The second kappa shape index (κ2) is 8.00. The number of aryl methyl sites for hydroxylation is 1. The van der Waals surface area contributed by atoms with E-state index in [0.29, 0.717) is 12.0 Å². The van der Waals surface area contributed by atoms with Crippen LogP contribution in [0.1, 0.15) is 66.6 Å². The molecule has 0 amide bonds. The number of imidazole rings is 1. The van der Waals surface area contributed by atoms with E-state index in [1.54, 1.807) is 0 Å². The first-order chi connectivity index (χ1) is 16.6. The van der Waals surface area contributed by atoms with Gasteiger partial charge < -0.3 is 9.47 Å². The first kappa shape index (κ1) is 21.3. The molecule has 2 aromatic heterocycles. The fourth-order valence-corrected chi connectivity index (χ4v) is 7.76. The molecule has 3 aliphatic carbocycles. The van der Waals surface area contributed by atoms with Crippen LogP contribution >= 0.6 is 0 Å². The summed E-state index contributed by atoms with van der Waals surface area (Å²) >= 11 is 0. The van der Waals surface area contributed by atoms with Gasteiger partial charge in [-0.15, -0.1) is 0 Å². The fraction of sp³-hybridized carbons (Fsp3) is 0.643. The van der Waals surface area contributed by atoms with Crippen LogP contribution in [0.5, 0.6) is 0 Å². The normalized spacial score (nSPS) is 33.5. The van der Waals surface area contributed by atoms with Crippen LogP contribution in [0.3, 0.4) is 0 Å². The van der Waals surface area contributed by atoms with Crippen molar-refractivity contribution in [2.75, 3.05) is 39.8 Å². The highest BCUT2D eigenvalue weighted by Gasteiger charge is 2.62. The Hall–Kier alpha value is -2.02. The number of rotatable bonds is 3. The van der Waals surface area contributed by atoms with Crippen LogP contribution in [0, 0.1) is 11.8 Å². The van der Waals surface area contributed by atoms with Crippen molar-refractivity contribution in [3.8, 4) is 0 Å². The second-order valence-corrected chi connectivity index (χ2v) is 11.5. The quantitative estimate of drug-likeness (QED) is 0.703. The van der Waals surface area contributed by atoms with Crippen LogP contribution in [0.4, 0.5) is 0 Å². The molecule has 2 aromatic rings. The van der Waals surface area contributed by atoms with E-state index in [4.69, 9.17) is 9.97 Å². The molecule has 0 bridgehead atoms. The minimum atomic E-state index is 0.179. The summed E-state index contributed by atoms with van der Waals surface area (Å²) in [5, 5.41) is 0. The Labute approximate surface area is 203 Å². The summed E-state index contributed by atoms with van der Waals surface area (Å²) in [6.07, 6.45) is 14.4. The van der Waals surface area contributed by atoms with Crippen LogP contribution in [0.2, 0.25) is 0 Å². The standard InChI is InChI=1S/C28H38N6/c1-31-13-5-15-34(17-16-31)28-18-22(28)10-11-23-27(28)32(2)24(30-23)19-33-14-4-7-21-9-8-20-6-3-12-29-25(20)26(21)33/h3,6,10-12,21-22,26H,4-5,7-9,13-19H2,1-2H3/t21-,22?,26-,28?/m0/s1. The predicted octanol–water partition coefficient (Wildman–Crippen LogP) is 3.59. The molecule has 0 spiro atoms. The number of likely N-dealkylation sites (N-methyl/N-ethyl adjacent to an activating group) is 1. The maximum absolute atomic E-state index is 5.27. The summed E-state index contributed by atoms with van der Waals surface area (Å²) in [6, 6.07) is 4.86. The monoisotopic (exact) mass is 458 g/mol. The summed E-state index contributed by atoms with van der Waals surface area (Å²) in [7, 11) is 4.56. The minimum Gasteiger partial charge on any atom is -0.332 e. The van der Waals surface area contributed by atoms with Gasteiger partial charge in [-0.2, -0.15) is 0 Å². The first-order valence-corrected chi connectivity index (χ1v) is 13.5. The molecule has 180 valence electrons. The van der Waals surface area contributed by atoms with Crippen molar-refractivity contribution in [3.63, 3.8) is 0 Å². The molecule has 0 radical (unpaired) electrons. The van der Waals surface area contributed by atoms with E-state index in [1.165, 1.54) is 93.2 Å². The summed E-state index contributed by atoms with van der Waals surface area (Å²) in [5.74, 6) is 2.62. The molecule has 2 aliphatic heterocycles. The molecule has 6 heteroatoms. The van der Waals surface area contributed by atoms with Crippen molar-refractivity contribution in [2.24, 2.45) is 18.9 Å². The molecule has 6 nitrogen and oxygen atoms in total. The zero-order valence-electron chi connectivity index (χ0n) is 20.8. The molecular formula is C28H38N6. The van der Waals surface area contributed by atoms with E-state index >= 15 is 0 Å². The maximum atomic E-state index is 5.27. The van der Waals surface area contributed by atoms with Crippen LogP contribution in [-0.4, -0.2) is 69.0 Å². The Kier molecular flexibility index (Phi) is 5.01. The van der Waals surface area contributed by atoms with Crippen LogP contribution in [-0.2, 0) is 25.6 Å². The molecule has 3 fully saturated rings. The topological polar surface area (TPSA) is 40.4 Å². The van der Waals surface area contributed by atoms with Crippen molar-refractivity contribution >= 4 is 6.08 Å². The molecule has 2 unspecified atom stereocenters. The van der Waals surface area contributed by atoms with Crippen molar-refractivity contribution in [2.45, 2.75) is 56.7 Å². The fourth-order valence-electron chi connectivity index (χ4n) is 7.76. The highest BCUT2D eigenvalue weighted by molar-refractivity contribution is 5.59. The smallest absolute Gasteiger partial charge is 0.123 e. The molecule has 4 atom stereocenters. The molecule has 4 heterocycles. The Morgan fingerprint density at radius 3 is 2.94 bits per heavy atom. The Morgan fingerprint density at radius 1 is 1.06 bits per heavy atom. The van der Waals surface area contributed by atoms with Gasteiger partial charge >= 0.3 is 0 Å². The van der Waals surface area contributed by atoms with Gasteiger partial charge in [-0.3, -0.25) is 14.8 Å². The lowest BCUT2D eigenvalue weighted by Crippen LogP contribution is -2.42. The average molecular weight is 459 g/mol. The van der Waals surface area contributed by atoms with E-state index in [0.717, 1.165) is 19.0 Å². The average Bonchev–Trinajstić information content (AvgIpc) is 3.57. The molecule has 7 rings (SSSR count). The van der Waals surface area contributed by atoms with Gasteiger partial charge in [0.2, 0.25) is 0 Å². The number of piperidine rings is 1. The summed E-state index contributed by atoms with van der Waals surface area (Å²) in [4.78, 5) is 18.2. The van der Waals surface area contributed by atoms with Crippen LogP contribution < -0.4 is 0 Å². The number of hydrogen-bond acceptors (Lipinski definition) is 5. The lowest BCUT2D eigenvalue weighted by molar-refractivity contribution is 0.0663. The van der Waals surface area contributed by atoms with E-state index in [9.17, 15) is 0 Å². The zero-order valence-corrected chi connectivity index (χ0v) is 20.8. The lowest BCUT2D eigenvalue weighted by atomic mass is 9.77. The van der Waals surface area contributed by atoms with E-state index in [2.05, 4.69) is 57.6 Å². The van der Waals surface area contributed by atoms with Gasteiger partial charge in [0, 0.05) is 38.8 Å².